The van der Waals surface area contributed by atoms with E-state index in [1.165, 1.54) is 17.3 Å². The molecule has 0 saturated carbocycles. The van der Waals surface area contributed by atoms with Gasteiger partial charge in [0.05, 0.1) is 28.5 Å². The Morgan fingerprint density at radius 3 is 1.98 bits per heavy atom. The highest BCUT2D eigenvalue weighted by Gasteiger charge is 2.20. The Hall–Kier alpha value is -6.33. The van der Waals surface area contributed by atoms with E-state index in [0.717, 1.165) is 55.9 Å². The molecule has 5 aromatic carbocycles. The van der Waals surface area contributed by atoms with E-state index in [9.17, 15) is 5.11 Å². The maximum Gasteiger partial charge on any atom is 0.149 e. The van der Waals surface area contributed by atoms with Crippen LogP contribution in [0.2, 0.25) is 0 Å². The Morgan fingerprint density at radius 2 is 1.19 bits per heavy atom. The number of aromatic hydroxyl groups is 1. The third-order valence-corrected chi connectivity index (χ3v) is 8.51. The van der Waals surface area contributed by atoms with Crippen LogP contribution in [-0.2, 0) is 0 Å². The molecule has 3 aromatic heterocycles. The van der Waals surface area contributed by atoms with Gasteiger partial charge in [0.15, 0.2) is 0 Å². The first-order valence-corrected chi connectivity index (χ1v) is 15.6. The molecule has 0 spiro atoms. The zero-order chi connectivity index (χ0) is 31.7. The summed E-state index contributed by atoms with van der Waals surface area (Å²) < 4.78 is 2.10. The van der Waals surface area contributed by atoms with Crippen LogP contribution in [0.4, 0.5) is 0 Å². The predicted octanol–water partition coefficient (Wildman–Crippen LogP) is 10.2. The monoisotopic (exact) mass is 606 g/mol. The third kappa shape index (κ3) is 5.34. The second kappa shape index (κ2) is 11.9. The van der Waals surface area contributed by atoms with Crippen molar-refractivity contribution in [2.45, 2.75) is 6.92 Å². The minimum Gasteiger partial charge on any atom is -0.506 e. The van der Waals surface area contributed by atoms with Crippen molar-refractivity contribution in [1.29, 1.82) is 0 Å². The SMILES string of the molecule is Cc1cc(-c2nc3c(-c4cccc(-c5cc(-c6ccc(-c7ccccc7)cc6)ccn5)c4)cccc3n2-c2ccccc2)c(O)cn1. The lowest BCUT2D eigenvalue weighted by atomic mass is 9.98. The van der Waals surface area contributed by atoms with Gasteiger partial charge in [-0.15, -0.1) is 0 Å². The summed E-state index contributed by atoms with van der Waals surface area (Å²) in [6.45, 7) is 1.91. The highest BCUT2D eigenvalue weighted by atomic mass is 16.3. The van der Waals surface area contributed by atoms with Crippen LogP contribution in [0.5, 0.6) is 5.75 Å². The van der Waals surface area contributed by atoms with Gasteiger partial charge in [0.25, 0.3) is 0 Å². The summed E-state index contributed by atoms with van der Waals surface area (Å²) in [5.74, 6) is 0.748. The zero-order valence-corrected chi connectivity index (χ0v) is 25.7. The van der Waals surface area contributed by atoms with Crippen LogP contribution in [0.1, 0.15) is 5.69 Å². The van der Waals surface area contributed by atoms with Crippen LogP contribution >= 0.6 is 0 Å². The first-order valence-electron chi connectivity index (χ1n) is 15.6. The van der Waals surface area contributed by atoms with Crippen molar-refractivity contribution in [2.75, 3.05) is 0 Å². The van der Waals surface area contributed by atoms with Gasteiger partial charge in [-0.2, -0.15) is 0 Å². The second-order valence-electron chi connectivity index (χ2n) is 11.6. The molecule has 3 heterocycles. The highest BCUT2D eigenvalue weighted by molar-refractivity contribution is 5.96. The molecule has 0 atom stereocenters. The topological polar surface area (TPSA) is 63.8 Å². The van der Waals surface area contributed by atoms with E-state index in [0.29, 0.717) is 11.4 Å². The zero-order valence-electron chi connectivity index (χ0n) is 25.7. The molecule has 0 amide bonds. The molecule has 0 unspecified atom stereocenters. The molecule has 5 heteroatoms. The smallest absolute Gasteiger partial charge is 0.149 e. The molecule has 0 saturated heterocycles. The van der Waals surface area contributed by atoms with Crippen molar-refractivity contribution < 1.29 is 5.11 Å². The van der Waals surface area contributed by atoms with Crippen molar-refractivity contribution in [3.8, 4) is 67.5 Å². The van der Waals surface area contributed by atoms with Crippen molar-refractivity contribution in [3.63, 3.8) is 0 Å². The number of nitrogens with zero attached hydrogens (tertiary/aromatic N) is 4. The number of imidazole rings is 1. The molecule has 47 heavy (non-hydrogen) atoms. The van der Waals surface area contributed by atoms with Gasteiger partial charge < -0.3 is 5.11 Å². The summed E-state index contributed by atoms with van der Waals surface area (Å²) in [4.78, 5) is 14.2. The summed E-state index contributed by atoms with van der Waals surface area (Å²) in [5, 5.41) is 10.9. The van der Waals surface area contributed by atoms with Gasteiger partial charge in [-0.3, -0.25) is 14.5 Å². The Morgan fingerprint density at radius 1 is 0.532 bits per heavy atom. The van der Waals surface area contributed by atoms with Crippen molar-refractivity contribution in [2.24, 2.45) is 0 Å². The Labute approximate surface area is 273 Å². The van der Waals surface area contributed by atoms with Crippen LogP contribution in [0.3, 0.4) is 0 Å². The van der Waals surface area contributed by atoms with Gasteiger partial charge in [-0.1, -0.05) is 103 Å². The average Bonchev–Trinajstić information content (AvgIpc) is 3.53. The fraction of sp³-hybridized carbons (Fsp3) is 0.0238. The summed E-state index contributed by atoms with van der Waals surface area (Å²) in [6.07, 6.45) is 3.36. The second-order valence-corrected chi connectivity index (χ2v) is 11.6. The number of pyridine rings is 2. The van der Waals surface area contributed by atoms with E-state index in [-0.39, 0.29) is 5.75 Å². The van der Waals surface area contributed by atoms with Crippen molar-refractivity contribution >= 4 is 11.0 Å². The lowest BCUT2D eigenvalue weighted by Gasteiger charge is -2.11. The number of hydrogen-bond acceptors (Lipinski definition) is 4. The fourth-order valence-electron chi connectivity index (χ4n) is 6.18. The van der Waals surface area contributed by atoms with Gasteiger partial charge in [0.1, 0.15) is 11.6 Å². The molecule has 8 rings (SSSR count). The van der Waals surface area contributed by atoms with Crippen LogP contribution in [0.25, 0.3) is 72.7 Å². The quantitative estimate of drug-likeness (QED) is 0.205. The fourth-order valence-corrected chi connectivity index (χ4v) is 6.18. The standard InChI is InChI=1S/C42H30N4O/c1-28-24-37(40(47)27-44-28)42-45-41-36(16-9-17-39(41)46(42)35-14-6-3-7-15-35)33-12-8-13-34(25-33)38-26-32(22-23-43-38)31-20-18-30(19-21-31)29-10-4-2-5-11-29/h2-27,47H,1H3. The molecule has 8 aromatic rings. The normalized spacial score (nSPS) is 11.2. The predicted molar refractivity (Wildman–Crippen MR) is 190 cm³/mol. The number of rotatable bonds is 6. The average molecular weight is 607 g/mol. The number of benzene rings is 5. The summed E-state index contributed by atoms with van der Waals surface area (Å²) in [5.41, 5.74) is 12.8. The van der Waals surface area contributed by atoms with Gasteiger partial charge in [0.2, 0.25) is 0 Å². The van der Waals surface area contributed by atoms with Crippen molar-refractivity contribution in [3.05, 3.63) is 164 Å². The van der Waals surface area contributed by atoms with E-state index in [2.05, 4.69) is 125 Å². The maximum absolute atomic E-state index is 10.9. The van der Waals surface area contributed by atoms with Gasteiger partial charge >= 0.3 is 0 Å². The summed E-state index contributed by atoms with van der Waals surface area (Å²) in [6, 6.07) is 50.0. The molecule has 0 bridgehead atoms. The van der Waals surface area contributed by atoms with E-state index >= 15 is 0 Å². The van der Waals surface area contributed by atoms with E-state index in [1.807, 2.05) is 43.5 Å². The number of fused-ring (bicyclic) bond motifs is 1. The van der Waals surface area contributed by atoms with Gasteiger partial charge in [-0.25, -0.2) is 4.98 Å². The molecule has 0 aliphatic heterocycles. The first-order chi connectivity index (χ1) is 23.1. The third-order valence-electron chi connectivity index (χ3n) is 8.51. The molecule has 0 radical (unpaired) electrons. The van der Waals surface area contributed by atoms with Crippen LogP contribution in [0.15, 0.2) is 158 Å². The van der Waals surface area contributed by atoms with Gasteiger partial charge in [0, 0.05) is 28.7 Å². The molecule has 0 aliphatic carbocycles. The Kier molecular flexibility index (Phi) is 7.12. The molecule has 5 nitrogen and oxygen atoms in total. The number of aryl methyl sites for hydroxylation is 1. The van der Waals surface area contributed by atoms with Crippen LogP contribution in [0, 0.1) is 6.92 Å². The van der Waals surface area contributed by atoms with E-state index < -0.39 is 0 Å². The largest absolute Gasteiger partial charge is 0.506 e. The molecule has 0 aliphatic rings. The first kappa shape index (κ1) is 28.2. The van der Waals surface area contributed by atoms with Crippen LogP contribution < -0.4 is 0 Å². The van der Waals surface area contributed by atoms with Crippen LogP contribution in [-0.4, -0.2) is 24.6 Å². The minimum atomic E-state index is 0.0901. The lowest BCUT2D eigenvalue weighted by Crippen LogP contribution is -1.98. The maximum atomic E-state index is 10.9. The number of para-hydroxylation sites is 2. The number of aromatic nitrogens is 4. The molecular weight excluding hydrogens is 576 g/mol. The highest BCUT2D eigenvalue weighted by Crippen LogP contribution is 2.38. The summed E-state index contributed by atoms with van der Waals surface area (Å²) >= 11 is 0. The Bertz CT molecular complexity index is 2360. The lowest BCUT2D eigenvalue weighted by molar-refractivity contribution is 0.474. The molecular formula is C42H30N4O. The number of hydrogen-bond donors (Lipinski definition) is 1. The van der Waals surface area contributed by atoms with E-state index in [1.54, 1.807) is 0 Å². The molecule has 1 N–H and O–H groups in total. The van der Waals surface area contributed by atoms with Crippen molar-refractivity contribution in [1.82, 2.24) is 19.5 Å². The molecule has 0 fully saturated rings. The minimum absolute atomic E-state index is 0.0901. The molecule has 224 valence electrons. The van der Waals surface area contributed by atoms with Gasteiger partial charge in [-0.05, 0) is 77.2 Å². The van der Waals surface area contributed by atoms with E-state index in [4.69, 9.17) is 9.97 Å². The Balaban J connectivity index is 1.21. The summed E-state index contributed by atoms with van der Waals surface area (Å²) in [7, 11) is 0.